The fourth-order valence-corrected chi connectivity index (χ4v) is 3.02. The minimum absolute atomic E-state index is 0.110. The van der Waals surface area contributed by atoms with E-state index in [0.29, 0.717) is 5.75 Å². The Balaban J connectivity index is 2.28. The zero-order valence-corrected chi connectivity index (χ0v) is 10.9. The van der Waals surface area contributed by atoms with E-state index in [1.165, 1.54) is 31.4 Å². The van der Waals surface area contributed by atoms with Gasteiger partial charge in [-0.3, -0.25) is 10.1 Å². The molecule has 1 atom stereocenters. The van der Waals surface area contributed by atoms with E-state index < -0.39 is 20.8 Å². The molecule has 0 fully saturated rings. The van der Waals surface area contributed by atoms with Gasteiger partial charge in [0, 0.05) is 17.5 Å². The number of hydrogen-bond donors (Lipinski definition) is 1. The SMILES string of the molecule is COc1ccc([N+](=O)[O-])c(NC2C=CS(=O)(=O)C2)c1. The van der Waals surface area contributed by atoms with Crippen LogP contribution < -0.4 is 10.1 Å². The molecule has 1 heterocycles. The Morgan fingerprint density at radius 3 is 2.74 bits per heavy atom. The highest BCUT2D eigenvalue weighted by Crippen LogP contribution is 2.30. The average molecular weight is 284 g/mol. The molecule has 1 aromatic carbocycles. The summed E-state index contributed by atoms with van der Waals surface area (Å²) in [5, 5.41) is 14.9. The van der Waals surface area contributed by atoms with Crippen LogP contribution in [-0.4, -0.2) is 32.2 Å². The van der Waals surface area contributed by atoms with Crippen molar-refractivity contribution in [1.82, 2.24) is 0 Å². The second-order valence-corrected chi connectivity index (χ2v) is 5.98. The van der Waals surface area contributed by atoms with Crippen molar-refractivity contribution in [1.29, 1.82) is 0 Å². The average Bonchev–Trinajstić information content (AvgIpc) is 2.68. The van der Waals surface area contributed by atoms with Crippen molar-refractivity contribution in [3.63, 3.8) is 0 Å². The van der Waals surface area contributed by atoms with Gasteiger partial charge in [-0.05, 0) is 6.07 Å². The molecule has 1 aliphatic heterocycles. The van der Waals surface area contributed by atoms with Crippen molar-refractivity contribution in [2.75, 3.05) is 18.2 Å². The molecule has 0 radical (unpaired) electrons. The maximum absolute atomic E-state index is 11.3. The summed E-state index contributed by atoms with van der Waals surface area (Å²) in [6.07, 6.45) is 1.47. The highest BCUT2D eigenvalue weighted by molar-refractivity contribution is 7.94. The van der Waals surface area contributed by atoms with Crippen LogP contribution in [0.2, 0.25) is 0 Å². The van der Waals surface area contributed by atoms with Gasteiger partial charge >= 0.3 is 0 Å². The molecule has 0 aliphatic carbocycles. The van der Waals surface area contributed by atoms with Crippen LogP contribution in [0, 0.1) is 10.1 Å². The van der Waals surface area contributed by atoms with Gasteiger partial charge in [0.05, 0.1) is 23.8 Å². The van der Waals surface area contributed by atoms with Crippen LogP contribution in [0.4, 0.5) is 11.4 Å². The minimum atomic E-state index is -3.21. The Labute approximate surface area is 110 Å². The van der Waals surface area contributed by atoms with Crippen molar-refractivity contribution in [3.8, 4) is 5.75 Å². The molecule has 0 aromatic heterocycles. The van der Waals surface area contributed by atoms with Crippen molar-refractivity contribution < 1.29 is 18.1 Å². The smallest absolute Gasteiger partial charge is 0.292 e. The topological polar surface area (TPSA) is 98.5 Å². The predicted octanol–water partition coefficient (Wildman–Crippen LogP) is 1.33. The number of nitro groups is 1. The van der Waals surface area contributed by atoms with Crippen LogP contribution in [0.3, 0.4) is 0 Å². The minimum Gasteiger partial charge on any atom is -0.497 e. The second kappa shape index (κ2) is 4.88. The maximum atomic E-state index is 11.3. The van der Waals surface area contributed by atoms with Crippen LogP contribution in [-0.2, 0) is 9.84 Å². The highest BCUT2D eigenvalue weighted by atomic mass is 32.2. The number of methoxy groups -OCH3 is 1. The van der Waals surface area contributed by atoms with Gasteiger partial charge < -0.3 is 10.1 Å². The summed E-state index contributed by atoms with van der Waals surface area (Å²) < 4.78 is 27.6. The lowest BCUT2D eigenvalue weighted by molar-refractivity contribution is -0.384. The fourth-order valence-electron chi connectivity index (χ4n) is 1.78. The van der Waals surface area contributed by atoms with Gasteiger partial charge in [0.2, 0.25) is 0 Å². The third-order valence-corrected chi connectivity index (χ3v) is 4.07. The Kier molecular flexibility index (Phi) is 3.43. The third kappa shape index (κ3) is 3.02. The molecule has 0 saturated heterocycles. The van der Waals surface area contributed by atoms with Crippen LogP contribution >= 0.6 is 0 Å². The molecule has 0 saturated carbocycles. The summed E-state index contributed by atoms with van der Waals surface area (Å²) in [7, 11) is -1.76. The number of sulfone groups is 1. The van der Waals surface area contributed by atoms with Gasteiger partial charge in [-0.2, -0.15) is 0 Å². The molecule has 1 unspecified atom stereocenters. The van der Waals surface area contributed by atoms with Crippen LogP contribution in [0.5, 0.6) is 5.75 Å². The third-order valence-electron chi connectivity index (χ3n) is 2.67. The first-order valence-corrected chi connectivity index (χ1v) is 7.13. The molecule has 0 spiro atoms. The fraction of sp³-hybridized carbons (Fsp3) is 0.273. The normalized spacial score (nSPS) is 20.2. The van der Waals surface area contributed by atoms with Crippen molar-refractivity contribution in [2.45, 2.75) is 6.04 Å². The van der Waals surface area contributed by atoms with Crippen molar-refractivity contribution in [3.05, 3.63) is 39.8 Å². The zero-order chi connectivity index (χ0) is 14.0. The van der Waals surface area contributed by atoms with E-state index in [1.54, 1.807) is 0 Å². The lowest BCUT2D eigenvalue weighted by atomic mass is 10.2. The van der Waals surface area contributed by atoms with Crippen LogP contribution in [0.15, 0.2) is 29.7 Å². The summed E-state index contributed by atoms with van der Waals surface area (Å²) in [6, 6.07) is 3.78. The summed E-state index contributed by atoms with van der Waals surface area (Å²) in [5.41, 5.74) is 0.106. The predicted molar refractivity (Wildman–Crippen MR) is 70.0 cm³/mol. The molecule has 0 bridgehead atoms. The molecule has 0 amide bonds. The van der Waals surface area contributed by atoms with Gasteiger partial charge in [0.25, 0.3) is 5.69 Å². The van der Waals surface area contributed by atoms with E-state index in [9.17, 15) is 18.5 Å². The standard InChI is InChI=1S/C11H12N2O5S/c1-18-9-2-3-11(13(14)15)10(6-9)12-8-4-5-19(16,17)7-8/h2-6,8,12H,7H2,1H3. The first kappa shape index (κ1) is 13.3. The first-order valence-electron chi connectivity index (χ1n) is 5.41. The number of ether oxygens (including phenoxy) is 1. The van der Waals surface area contributed by atoms with Crippen molar-refractivity contribution >= 4 is 21.2 Å². The molecule has 1 N–H and O–H groups in total. The number of hydrogen-bond acceptors (Lipinski definition) is 6. The molecule has 7 nitrogen and oxygen atoms in total. The molecule has 19 heavy (non-hydrogen) atoms. The Hall–Kier alpha value is -2.09. The van der Waals surface area contributed by atoms with Crippen LogP contribution in [0.1, 0.15) is 0 Å². The van der Waals surface area contributed by atoms with E-state index in [2.05, 4.69) is 5.32 Å². The lowest BCUT2D eigenvalue weighted by Crippen LogP contribution is -2.21. The molecule has 2 rings (SSSR count). The number of anilines is 1. The molecule has 1 aromatic rings. The monoisotopic (exact) mass is 284 g/mol. The van der Waals surface area contributed by atoms with E-state index in [4.69, 9.17) is 4.74 Å². The molecular formula is C11H12N2O5S. The van der Waals surface area contributed by atoms with Gasteiger partial charge in [0.1, 0.15) is 11.4 Å². The van der Waals surface area contributed by atoms with Gasteiger partial charge in [-0.25, -0.2) is 8.42 Å². The van der Waals surface area contributed by atoms with Gasteiger partial charge in [-0.15, -0.1) is 0 Å². The quantitative estimate of drug-likeness (QED) is 0.661. The first-order chi connectivity index (χ1) is 8.91. The number of nitro benzene ring substituents is 1. The Morgan fingerprint density at radius 2 is 2.21 bits per heavy atom. The van der Waals surface area contributed by atoms with E-state index in [-0.39, 0.29) is 17.1 Å². The highest BCUT2D eigenvalue weighted by Gasteiger charge is 2.24. The number of rotatable bonds is 4. The zero-order valence-electron chi connectivity index (χ0n) is 10.1. The molecule has 8 heteroatoms. The number of nitrogens with zero attached hydrogens (tertiary/aromatic N) is 1. The molecule has 102 valence electrons. The number of benzene rings is 1. The number of nitrogens with one attached hydrogen (secondary N) is 1. The van der Waals surface area contributed by atoms with Gasteiger partial charge in [-0.1, -0.05) is 6.08 Å². The Bertz CT molecular complexity index is 638. The van der Waals surface area contributed by atoms with E-state index >= 15 is 0 Å². The van der Waals surface area contributed by atoms with E-state index in [1.807, 2.05) is 0 Å². The summed E-state index contributed by atoms with van der Waals surface area (Å²) in [5.74, 6) is 0.347. The summed E-state index contributed by atoms with van der Waals surface area (Å²) in [4.78, 5) is 10.4. The largest absolute Gasteiger partial charge is 0.497 e. The summed E-state index contributed by atoms with van der Waals surface area (Å²) in [6.45, 7) is 0. The van der Waals surface area contributed by atoms with Gasteiger partial charge in [0.15, 0.2) is 9.84 Å². The Morgan fingerprint density at radius 1 is 1.47 bits per heavy atom. The van der Waals surface area contributed by atoms with E-state index in [0.717, 1.165) is 5.41 Å². The molecule has 1 aliphatic rings. The lowest BCUT2D eigenvalue weighted by Gasteiger charge is -2.12. The molecular weight excluding hydrogens is 272 g/mol. The summed E-state index contributed by atoms with van der Waals surface area (Å²) >= 11 is 0. The second-order valence-electron chi connectivity index (χ2n) is 4.05. The maximum Gasteiger partial charge on any atom is 0.292 e. The van der Waals surface area contributed by atoms with Crippen molar-refractivity contribution in [2.24, 2.45) is 0 Å². The van der Waals surface area contributed by atoms with Crippen LogP contribution in [0.25, 0.3) is 0 Å².